The number of carboxylic acid groups (broad SMARTS) is 1. The lowest BCUT2D eigenvalue weighted by atomic mass is 9.64. The standard InChI is InChI=1S/C29H34Cl2N2O5S/c1-2-29(16-26(34)35)15-24(20-4-3-5-22(31)14-20)27(19-8-10-21(30)11-9-19)33(28(29)36)25(18-6-7-18)17-32-39(37,38)23-12-13-23/h3-5,8-11,14,18,23-25,27,32H,2,6-7,12-13,15-17H2,1H3,(H,34,35)/t24-,25?,27?,29-/m1/s1. The maximum absolute atomic E-state index is 14.6. The molecule has 1 saturated heterocycles. The second kappa shape index (κ2) is 11.0. The Hall–Kier alpha value is -2.13. The van der Waals surface area contributed by atoms with Gasteiger partial charge in [-0.2, -0.15) is 0 Å². The van der Waals surface area contributed by atoms with E-state index in [1.54, 1.807) is 18.2 Å². The van der Waals surface area contributed by atoms with Crippen LogP contribution < -0.4 is 4.72 Å². The van der Waals surface area contributed by atoms with Crippen molar-refractivity contribution < 1.29 is 23.1 Å². The number of carbonyl (C=O) groups is 2. The van der Waals surface area contributed by atoms with Gasteiger partial charge in [-0.15, -0.1) is 0 Å². The van der Waals surface area contributed by atoms with Crippen LogP contribution in [-0.4, -0.2) is 48.1 Å². The highest BCUT2D eigenvalue weighted by molar-refractivity contribution is 7.90. The molecule has 4 atom stereocenters. The summed E-state index contributed by atoms with van der Waals surface area (Å²) in [4.78, 5) is 28.5. The Bertz CT molecular complexity index is 1340. The minimum absolute atomic E-state index is 0.106. The summed E-state index contributed by atoms with van der Waals surface area (Å²) in [5, 5.41) is 10.7. The van der Waals surface area contributed by atoms with E-state index >= 15 is 0 Å². The molecule has 10 heteroatoms. The Kier molecular flexibility index (Phi) is 8.04. The van der Waals surface area contributed by atoms with Crippen molar-refractivity contribution in [3.8, 4) is 0 Å². The van der Waals surface area contributed by atoms with Crippen LogP contribution in [0.5, 0.6) is 0 Å². The Labute approximate surface area is 239 Å². The number of sulfonamides is 1. The monoisotopic (exact) mass is 592 g/mol. The molecule has 0 aromatic heterocycles. The number of carboxylic acids is 1. The Balaban J connectivity index is 1.65. The molecule has 2 unspecified atom stereocenters. The fourth-order valence-electron chi connectivity index (χ4n) is 6.19. The van der Waals surface area contributed by atoms with Gasteiger partial charge in [-0.05, 0) is 79.8 Å². The summed E-state index contributed by atoms with van der Waals surface area (Å²) >= 11 is 12.7. The molecule has 3 fully saturated rings. The van der Waals surface area contributed by atoms with Crippen molar-refractivity contribution in [1.29, 1.82) is 0 Å². The molecule has 5 rings (SSSR count). The Morgan fingerprint density at radius 2 is 1.77 bits per heavy atom. The molecule has 1 amide bonds. The normalized spacial score (nSPS) is 26.4. The smallest absolute Gasteiger partial charge is 0.304 e. The fourth-order valence-corrected chi connectivity index (χ4v) is 7.91. The number of nitrogens with zero attached hydrogens (tertiary/aromatic N) is 1. The van der Waals surface area contributed by atoms with Gasteiger partial charge in [-0.1, -0.05) is 54.4 Å². The Morgan fingerprint density at radius 1 is 1.08 bits per heavy atom. The van der Waals surface area contributed by atoms with E-state index in [4.69, 9.17) is 23.2 Å². The summed E-state index contributed by atoms with van der Waals surface area (Å²) in [5.41, 5.74) is 0.647. The zero-order chi connectivity index (χ0) is 27.9. The van der Waals surface area contributed by atoms with Crippen LogP contribution in [0.4, 0.5) is 0 Å². The molecule has 1 heterocycles. The third-order valence-corrected chi connectivity index (χ3v) is 11.0. The van der Waals surface area contributed by atoms with Gasteiger partial charge in [0.1, 0.15) is 0 Å². The van der Waals surface area contributed by atoms with Gasteiger partial charge in [0.25, 0.3) is 0 Å². The highest BCUT2D eigenvalue weighted by atomic mass is 35.5. The van der Waals surface area contributed by atoms with Gasteiger partial charge in [0, 0.05) is 28.5 Å². The average Bonchev–Trinajstić information content (AvgIpc) is 3.80. The third-order valence-electron chi connectivity index (χ3n) is 8.61. The molecule has 0 radical (unpaired) electrons. The van der Waals surface area contributed by atoms with Gasteiger partial charge in [0.15, 0.2) is 0 Å². The molecule has 2 saturated carbocycles. The van der Waals surface area contributed by atoms with Gasteiger partial charge in [-0.25, -0.2) is 13.1 Å². The first-order chi connectivity index (χ1) is 18.5. The third kappa shape index (κ3) is 5.99. The lowest BCUT2D eigenvalue weighted by molar-refractivity contribution is -0.162. The van der Waals surface area contributed by atoms with Crippen molar-refractivity contribution in [2.24, 2.45) is 11.3 Å². The first kappa shape index (κ1) is 28.4. The quantitative estimate of drug-likeness (QED) is 0.344. The number of piperidine rings is 1. The van der Waals surface area contributed by atoms with E-state index in [1.807, 2.05) is 42.2 Å². The molecular weight excluding hydrogens is 559 g/mol. The summed E-state index contributed by atoms with van der Waals surface area (Å²) in [6, 6.07) is 14.0. The van der Waals surface area contributed by atoms with Crippen molar-refractivity contribution >= 4 is 45.1 Å². The molecule has 1 aliphatic heterocycles. The molecule has 3 aliphatic rings. The molecule has 0 spiro atoms. The van der Waals surface area contributed by atoms with Crippen molar-refractivity contribution in [3.63, 3.8) is 0 Å². The van der Waals surface area contributed by atoms with E-state index in [0.717, 1.165) is 24.0 Å². The number of rotatable bonds is 11. The average molecular weight is 594 g/mol. The summed E-state index contributed by atoms with van der Waals surface area (Å²) in [6.45, 7) is 1.97. The zero-order valence-corrected chi connectivity index (χ0v) is 24.2. The topological polar surface area (TPSA) is 104 Å². The molecule has 39 heavy (non-hydrogen) atoms. The summed E-state index contributed by atoms with van der Waals surface area (Å²) in [5.74, 6) is -1.39. The van der Waals surface area contributed by atoms with Crippen molar-refractivity contribution in [2.75, 3.05) is 6.54 Å². The van der Waals surface area contributed by atoms with E-state index in [0.29, 0.717) is 35.7 Å². The molecule has 0 bridgehead atoms. The van der Waals surface area contributed by atoms with Crippen molar-refractivity contribution in [1.82, 2.24) is 9.62 Å². The largest absolute Gasteiger partial charge is 0.481 e. The molecule has 2 aromatic rings. The molecule has 2 N–H and O–H groups in total. The molecule has 2 aromatic carbocycles. The van der Waals surface area contributed by atoms with Crippen molar-refractivity contribution in [3.05, 3.63) is 69.7 Å². The van der Waals surface area contributed by atoms with Crippen LogP contribution in [0, 0.1) is 11.3 Å². The molecule has 7 nitrogen and oxygen atoms in total. The second-order valence-electron chi connectivity index (χ2n) is 11.3. The van der Waals surface area contributed by atoms with E-state index in [2.05, 4.69) is 4.72 Å². The van der Waals surface area contributed by atoms with E-state index in [-0.39, 0.29) is 36.0 Å². The first-order valence-corrected chi connectivity index (χ1v) is 15.9. The minimum atomic E-state index is -3.47. The number of hydrogen-bond donors (Lipinski definition) is 2. The number of hydrogen-bond acceptors (Lipinski definition) is 4. The van der Waals surface area contributed by atoms with Gasteiger partial charge in [-0.3, -0.25) is 9.59 Å². The summed E-state index contributed by atoms with van der Waals surface area (Å²) in [6.07, 6.45) is 3.45. The molecular formula is C29H34Cl2N2O5S. The van der Waals surface area contributed by atoms with Crippen molar-refractivity contribution in [2.45, 2.75) is 75.1 Å². The highest BCUT2D eigenvalue weighted by Gasteiger charge is 2.56. The van der Waals surface area contributed by atoms with E-state index in [9.17, 15) is 23.1 Å². The molecule has 210 valence electrons. The number of carbonyl (C=O) groups excluding carboxylic acids is 1. The second-order valence-corrected chi connectivity index (χ2v) is 14.2. The fraction of sp³-hybridized carbons (Fsp3) is 0.517. The van der Waals surface area contributed by atoms with Gasteiger partial charge in [0.2, 0.25) is 15.9 Å². The number of benzene rings is 2. The predicted octanol–water partition coefficient (Wildman–Crippen LogP) is 5.78. The lowest BCUT2D eigenvalue weighted by Crippen LogP contribution is -2.59. The maximum Gasteiger partial charge on any atom is 0.304 e. The SMILES string of the molecule is CC[C@]1(CC(=O)O)C[C@H](c2cccc(Cl)c2)C(c2ccc(Cl)cc2)N(C(CNS(=O)(=O)C2CC2)C2CC2)C1=O. The van der Waals surface area contributed by atoms with Crippen LogP contribution in [0.1, 0.15) is 75.0 Å². The number of aliphatic carboxylic acids is 1. The number of likely N-dealkylation sites (tertiary alicyclic amines) is 1. The van der Waals surface area contributed by atoms with Crippen LogP contribution in [0.15, 0.2) is 48.5 Å². The van der Waals surface area contributed by atoms with Crippen LogP contribution in [-0.2, 0) is 19.6 Å². The molecule has 2 aliphatic carbocycles. The van der Waals surface area contributed by atoms with Crippen LogP contribution >= 0.6 is 23.2 Å². The minimum Gasteiger partial charge on any atom is -0.481 e. The number of halogens is 2. The highest BCUT2D eigenvalue weighted by Crippen LogP contribution is 2.55. The first-order valence-electron chi connectivity index (χ1n) is 13.6. The van der Waals surface area contributed by atoms with Gasteiger partial charge in [0.05, 0.1) is 23.1 Å². The van der Waals surface area contributed by atoms with E-state index in [1.165, 1.54) is 0 Å². The Morgan fingerprint density at radius 3 is 2.33 bits per heavy atom. The van der Waals surface area contributed by atoms with Crippen LogP contribution in [0.2, 0.25) is 10.0 Å². The van der Waals surface area contributed by atoms with Gasteiger partial charge >= 0.3 is 5.97 Å². The van der Waals surface area contributed by atoms with Crippen LogP contribution in [0.25, 0.3) is 0 Å². The number of amides is 1. The number of nitrogens with one attached hydrogen (secondary N) is 1. The predicted molar refractivity (Wildman–Crippen MR) is 151 cm³/mol. The summed E-state index contributed by atoms with van der Waals surface area (Å²) in [7, 11) is -3.47. The van der Waals surface area contributed by atoms with Gasteiger partial charge < -0.3 is 10.0 Å². The van der Waals surface area contributed by atoms with E-state index < -0.39 is 33.5 Å². The summed E-state index contributed by atoms with van der Waals surface area (Å²) < 4.78 is 28.5. The maximum atomic E-state index is 14.6. The lowest BCUT2D eigenvalue weighted by Gasteiger charge is -2.53. The zero-order valence-electron chi connectivity index (χ0n) is 21.9. The van der Waals surface area contributed by atoms with Crippen LogP contribution in [0.3, 0.4) is 0 Å².